The van der Waals surface area contributed by atoms with Gasteiger partial charge in [0.1, 0.15) is 0 Å². The van der Waals surface area contributed by atoms with Crippen molar-refractivity contribution in [3.63, 3.8) is 0 Å². The third-order valence-corrected chi connectivity index (χ3v) is 3.53. The van der Waals surface area contributed by atoms with Gasteiger partial charge in [0.2, 0.25) is 5.88 Å². The van der Waals surface area contributed by atoms with E-state index in [4.69, 9.17) is 5.73 Å². The van der Waals surface area contributed by atoms with Crippen LogP contribution in [0.2, 0.25) is 0 Å². The highest BCUT2D eigenvalue weighted by Gasteiger charge is 2.29. The van der Waals surface area contributed by atoms with Gasteiger partial charge in [-0.25, -0.2) is 4.98 Å². The summed E-state index contributed by atoms with van der Waals surface area (Å²) in [6.07, 6.45) is -0.368. The molecule has 1 aromatic heterocycles. The largest absolute Gasteiger partial charge is 0.468 e. The van der Waals surface area contributed by atoms with Crippen molar-refractivity contribution in [3.05, 3.63) is 23.9 Å². The second-order valence-electron chi connectivity index (χ2n) is 5.17. The number of carbonyl (C=O) groups excluding carboxylic acids is 1. The number of piperidine rings is 1. The smallest absolute Gasteiger partial charge is 0.422 e. The molecule has 2 heterocycles. The first-order valence-corrected chi connectivity index (χ1v) is 7.07. The van der Waals surface area contributed by atoms with E-state index < -0.39 is 12.8 Å². The highest BCUT2D eigenvalue weighted by Crippen LogP contribution is 2.20. The maximum Gasteiger partial charge on any atom is 0.422 e. The number of nitrogens with two attached hydrogens (primary N) is 1. The Bertz CT molecular complexity index is 505. The molecule has 0 bridgehead atoms. The van der Waals surface area contributed by atoms with Crippen LogP contribution in [-0.4, -0.2) is 47.7 Å². The monoisotopic (exact) mass is 317 g/mol. The summed E-state index contributed by atoms with van der Waals surface area (Å²) in [6.45, 7) is -0.381. The zero-order chi connectivity index (χ0) is 16.2. The third kappa shape index (κ3) is 4.33. The molecule has 0 spiro atoms. The maximum absolute atomic E-state index is 12.4. The molecule has 5 nitrogen and oxygen atoms in total. The minimum Gasteiger partial charge on any atom is -0.468 e. The second kappa shape index (κ2) is 6.95. The van der Waals surface area contributed by atoms with Crippen LogP contribution in [0.25, 0.3) is 0 Å². The van der Waals surface area contributed by atoms with Gasteiger partial charge in [-0.05, 0) is 25.3 Å². The number of ether oxygens (including phenoxy) is 1. The van der Waals surface area contributed by atoms with E-state index in [2.05, 4.69) is 9.72 Å². The molecular weight excluding hydrogens is 299 g/mol. The first-order valence-electron chi connectivity index (χ1n) is 7.07. The molecule has 22 heavy (non-hydrogen) atoms. The summed E-state index contributed by atoms with van der Waals surface area (Å²) in [5.41, 5.74) is 6.00. The minimum absolute atomic E-state index is 0.00223. The Kier molecular flexibility index (Phi) is 5.23. The molecule has 1 saturated heterocycles. The Morgan fingerprint density at radius 1 is 1.41 bits per heavy atom. The SMILES string of the molecule is NCC1CCCCN1C(=O)c1ccc(OCC(F)(F)F)nc1. The molecule has 1 atom stereocenters. The zero-order valence-electron chi connectivity index (χ0n) is 12.0. The number of hydrogen-bond acceptors (Lipinski definition) is 4. The standard InChI is InChI=1S/C14H18F3N3O2/c15-14(16,17)9-22-12-5-4-10(8-19-12)13(21)20-6-2-1-3-11(20)7-18/h4-5,8,11H,1-3,6-7,9,18H2. The molecule has 0 radical (unpaired) electrons. The van der Waals surface area contributed by atoms with Crippen LogP contribution in [0, 0.1) is 0 Å². The van der Waals surface area contributed by atoms with E-state index in [0.717, 1.165) is 19.3 Å². The fraction of sp³-hybridized carbons (Fsp3) is 0.571. The molecule has 1 unspecified atom stereocenters. The van der Waals surface area contributed by atoms with Crippen LogP contribution in [-0.2, 0) is 0 Å². The van der Waals surface area contributed by atoms with Crippen LogP contribution in [0.1, 0.15) is 29.6 Å². The number of nitrogens with zero attached hydrogens (tertiary/aromatic N) is 2. The van der Waals surface area contributed by atoms with E-state index in [-0.39, 0.29) is 17.8 Å². The lowest BCUT2D eigenvalue weighted by atomic mass is 10.0. The zero-order valence-corrected chi connectivity index (χ0v) is 12.0. The van der Waals surface area contributed by atoms with E-state index in [1.807, 2.05) is 0 Å². The second-order valence-corrected chi connectivity index (χ2v) is 5.17. The van der Waals surface area contributed by atoms with Crippen LogP contribution in [0.15, 0.2) is 18.3 Å². The Balaban J connectivity index is 2.01. The summed E-state index contributed by atoms with van der Waals surface area (Å²) >= 11 is 0. The number of carbonyl (C=O) groups is 1. The third-order valence-electron chi connectivity index (χ3n) is 3.53. The molecule has 1 amide bonds. The van der Waals surface area contributed by atoms with E-state index in [0.29, 0.717) is 18.7 Å². The van der Waals surface area contributed by atoms with Crippen LogP contribution >= 0.6 is 0 Å². The number of hydrogen-bond donors (Lipinski definition) is 1. The molecule has 0 aliphatic carbocycles. The minimum atomic E-state index is -4.42. The normalized spacial score (nSPS) is 19.1. The Hall–Kier alpha value is -1.83. The Morgan fingerprint density at radius 2 is 2.18 bits per heavy atom. The number of halogens is 3. The summed E-state index contributed by atoms with van der Waals surface area (Å²) in [5, 5.41) is 0. The van der Waals surface area contributed by atoms with Crippen molar-refractivity contribution in [2.75, 3.05) is 19.7 Å². The number of pyridine rings is 1. The van der Waals surface area contributed by atoms with Gasteiger partial charge < -0.3 is 15.4 Å². The molecule has 122 valence electrons. The molecule has 2 rings (SSSR count). The van der Waals surface area contributed by atoms with E-state index >= 15 is 0 Å². The van der Waals surface area contributed by atoms with Crippen molar-refractivity contribution in [1.29, 1.82) is 0 Å². The lowest BCUT2D eigenvalue weighted by Gasteiger charge is -2.35. The van der Waals surface area contributed by atoms with Crippen molar-refractivity contribution < 1.29 is 22.7 Å². The van der Waals surface area contributed by atoms with Gasteiger partial charge in [0.05, 0.1) is 5.56 Å². The van der Waals surface area contributed by atoms with Crippen LogP contribution in [0.3, 0.4) is 0 Å². The molecule has 1 aromatic rings. The quantitative estimate of drug-likeness (QED) is 0.922. The van der Waals surface area contributed by atoms with Crippen molar-refractivity contribution in [2.45, 2.75) is 31.5 Å². The molecule has 2 N–H and O–H groups in total. The molecule has 0 saturated carbocycles. The molecule has 8 heteroatoms. The number of amides is 1. The maximum atomic E-state index is 12.4. The Morgan fingerprint density at radius 3 is 2.77 bits per heavy atom. The van der Waals surface area contributed by atoms with E-state index in [1.54, 1.807) is 4.90 Å². The van der Waals surface area contributed by atoms with Crippen LogP contribution in [0.5, 0.6) is 5.88 Å². The lowest BCUT2D eigenvalue weighted by Crippen LogP contribution is -2.47. The van der Waals surface area contributed by atoms with Gasteiger partial charge >= 0.3 is 6.18 Å². The summed E-state index contributed by atoms with van der Waals surface area (Å²) < 4.78 is 40.7. The predicted molar refractivity (Wildman–Crippen MR) is 73.5 cm³/mol. The highest BCUT2D eigenvalue weighted by molar-refractivity contribution is 5.94. The summed E-state index contributed by atoms with van der Waals surface area (Å²) in [4.78, 5) is 17.9. The number of rotatable bonds is 4. The topological polar surface area (TPSA) is 68.5 Å². The molecule has 1 aliphatic heterocycles. The molecular formula is C14H18F3N3O2. The molecule has 1 fully saturated rings. The van der Waals surface area contributed by atoms with Gasteiger partial charge in [0.15, 0.2) is 6.61 Å². The van der Waals surface area contributed by atoms with Crippen molar-refractivity contribution in [2.24, 2.45) is 5.73 Å². The average Bonchev–Trinajstić information content (AvgIpc) is 2.52. The van der Waals surface area contributed by atoms with Gasteiger partial charge in [0, 0.05) is 31.4 Å². The predicted octanol–water partition coefficient (Wildman–Crippen LogP) is 1.98. The van der Waals surface area contributed by atoms with Gasteiger partial charge in [-0.1, -0.05) is 0 Å². The molecule has 1 aliphatic rings. The Labute approximate surface area is 126 Å². The van der Waals surface area contributed by atoms with Crippen molar-refractivity contribution in [1.82, 2.24) is 9.88 Å². The van der Waals surface area contributed by atoms with E-state index in [9.17, 15) is 18.0 Å². The van der Waals surface area contributed by atoms with Gasteiger partial charge in [-0.2, -0.15) is 13.2 Å². The summed E-state index contributed by atoms with van der Waals surface area (Å²) in [7, 11) is 0. The number of likely N-dealkylation sites (tertiary alicyclic amines) is 1. The van der Waals surface area contributed by atoms with Gasteiger partial charge in [-0.3, -0.25) is 4.79 Å². The van der Waals surface area contributed by atoms with Gasteiger partial charge in [-0.15, -0.1) is 0 Å². The fourth-order valence-corrected chi connectivity index (χ4v) is 2.43. The van der Waals surface area contributed by atoms with Crippen LogP contribution < -0.4 is 10.5 Å². The summed E-state index contributed by atoms with van der Waals surface area (Å²) in [6, 6.07) is 2.69. The first kappa shape index (κ1) is 16.5. The average molecular weight is 317 g/mol. The van der Waals surface area contributed by atoms with Gasteiger partial charge in [0.25, 0.3) is 5.91 Å². The van der Waals surface area contributed by atoms with Crippen LogP contribution in [0.4, 0.5) is 13.2 Å². The highest BCUT2D eigenvalue weighted by atomic mass is 19.4. The number of aromatic nitrogens is 1. The van der Waals surface area contributed by atoms with E-state index in [1.165, 1.54) is 18.3 Å². The first-order chi connectivity index (χ1) is 10.4. The lowest BCUT2D eigenvalue weighted by molar-refractivity contribution is -0.154. The molecule has 0 aromatic carbocycles. The number of alkyl halides is 3. The van der Waals surface area contributed by atoms with Crippen molar-refractivity contribution >= 4 is 5.91 Å². The fourth-order valence-electron chi connectivity index (χ4n) is 2.43. The summed E-state index contributed by atoms with van der Waals surface area (Å²) in [5.74, 6) is -0.368. The van der Waals surface area contributed by atoms with Crippen molar-refractivity contribution in [3.8, 4) is 5.88 Å².